The van der Waals surface area contributed by atoms with E-state index in [1.54, 1.807) is 0 Å². The van der Waals surface area contributed by atoms with Crippen LogP contribution in [0.1, 0.15) is 36.5 Å². The van der Waals surface area contributed by atoms with Gasteiger partial charge in [0.05, 0.1) is 5.56 Å². The summed E-state index contributed by atoms with van der Waals surface area (Å²) < 4.78 is 38.2. The highest BCUT2D eigenvalue weighted by Gasteiger charge is 2.45. The van der Waals surface area contributed by atoms with Gasteiger partial charge in [-0.05, 0) is 42.0 Å². The fourth-order valence-corrected chi connectivity index (χ4v) is 5.14. The van der Waals surface area contributed by atoms with E-state index in [0.29, 0.717) is 24.6 Å². The van der Waals surface area contributed by atoms with Crippen LogP contribution in [0.15, 0.2) is 54.6 Å². The van der Waals surface area contributed by atoms with Gasteiger partial charge in [-0.1, -0.05) is 49.4 Å². The monoisotopic (exact) mass is 445 g/mol. The molecule has 4 rings (SSSR count). The van der Waals surface area contributed by atoms with Crippen molar-refractivity contribution in [3.8, 4) is 0 Å². The summed E-state index contributed by atoms with van der Waals surface area (Å²) in [5, 5.41) is 2.89. The lowest BCUT2D eigenvalue weighted by atomic mass is 9.78. The molecule has 1 N–H and O–H groups in total. The maximum atomic E-state index is 12.9. The first-order chi connectivity index (χ1) is 15.2. The van der Waals surface area contributed by atoms with Crippen molar-refractivity contribution >= 4 is 6.03 Å². The van der Waals surface area contributed by atoms with Gasteiger partial charge in [-0.15, -0.1) is 0 Å². The number of nitrogens with zero attached hydrogens (tertiary/aromatic N) is 2. The topological polar surface area (TPSA) is 35.6 Å². The highest BCUT2D eigenvalue weighted by Crippen LogP contribution is 2.41. The molecule has 0 saturated carbocycles. The summed E-state index contributed by atoms with van der Waals surface area (Å²) in [5.41, 5.74) is 1.32. The van der Waals surface area contributed by atoms with E-state index in [2.05, 4.69) is 41.4 Å². The fourth-order valence-electron chi connectivity index (χ4n) is 5.14. The highest BCUT2D eigenvalue weighted by atomic mass is 19.4. The maximum Gasteiger partial charge on any atom is 0.416 e. The van der Waals surface area contributed by atoms with E-state index in [0.717, 1.165) is 44.6 Å². The minimum Gasteiger partial charge on any atom is -0.334 e. The second kappa shape index (κ2) is 9.14. The van der Waals surface area contributed by atoms with Gasteiger partial charge in [0.15, 0.2) is 0 Å². The molecule has 2 aliphatic rings. The first kappa shape index (κ1) is 22.6. The minimum atomic E-state index is -4.35. The molecule has 2 amide bonds. The summed E-state index contributed by atoms with van der Waals surface area (Å²) in [6.07, 6.45) is -2.28. The lowest BCUT2D eigenvalue weighted by Gasteiger charge is -2.33. The Morgan fingerprint density at radius 3 is 2.47 bits per heavy atom. The second-order valence-corrected chi connectivity index (χ2v) is 9.42. The Labute approximate surface area is 187 Å². The number of hydrogen-bond donors (Lipinski definition) is 1. The summed E-state index contributed by atoms with van der Waals surface area (Å²) >= 11 is 0. The van der Waals surface area contributed by atoms with E-state index in [-0.39, 0.29) is 18.0 Å². The number of rotatable bonds is 4. The van der Waals surface area contributed by atoms with Crippen molar-refractivity contribution in [3.63, 3.8) is 0 Å². The van der Waals surface area contributed by atoms with Crippen molar-refractivity contribution in [1.29, 1.82) is 0 Å². The third kappa shape index (κ3) is 5.26. The molecule has 0 spiro atoms. The molecule has 2 aromatic rings. The van der Waals surface area contributed by atoms with Crippen LogP contribution in [-0.2, 0) is 19.3 Å². The first-order valence-electron chi connectivity index (χ1n) is 11.2. The van der Waals surface area contributed by atoms with Crippen molar-refractivity contribution in [3.05, 3.63) is 71.3 Å². The van der Waals surface area contributed by atoms with Crippen molar-refractivity contribution in [1.82, 2.24) is 15.1 Å². The highest BCUT2D eigenvalue weighted by molar-refractivity contribution is 5.74. The molecule has 2 atom stereocenters. The normalized spacial score (nSPS) is 24.1. The van der Waals surface area contributed by atoms with Gasteiger partial charge in [0, 0.05) is 44.7 Å². The molecule has 0 radical (unpaired) electrons. The zero-order valence-corrected chi connectivity index (χ0v) is 18.4. The van der Waals surface area contributed by atoms with Crippen LogP contribution in [-0.4, -0.2) is 42.0 Å². The number of urea groups is 1. The van der Waals surface area contributed by atoms with Crippen molar-refractivity contribution in [2.75, 3.05) is 26.2 Å². The molecule has 0 aliphatic carbocycles. The molecule has 2 fully saturated rings. The lowest BCUT2D eigenvalue weighted by molar-refractivity contribution is -0.137. The lowest BCUT2D eigenvalue weighted by Crippen LogP contribution is -2.46. The maximum absolute atomic E-state index is 12.9. The molecule has 4 nitrogen and oxygen atoms in total. The van der Waals surface area contributed by atoms with Crippen LogP contribution in [0.2, 0.25) is 0 Å². The van der Waals surface area contributed by atoms with Crippen LogP contribution in [0.3, 0.4) is 0 Å². The van der Waals surface area contributed by atoms with Crippen LogP contribution in [0.25, 0.3) is 0 Å². The molecular formula is C25H30F3N3O. The molecular weight excluding hydrogens is 415 g/mol. The fraction of sp³-hybridized carbons (Fsp3) is 0.480. The molecule has 2 aliphatic heterocycles. The molecule has 0 unspecified atom stereocenters. The summed E-state index contributed by atoms with van der Waals surface area (Å²) in [5.74, 6) is 0.555. The number of fused-ring (bicyclic) bond motifs is 1. The van der Waals surface area contributed by atoms with E-state index in [1.165, 1.54) is 17.7 Å². The van der Waals surface area contributed by atoms with Gasteiger partial charge in [0.25, 0.3) is 0 Å². The van der Waals surface area contributed by atoms with Gasteiger partial charge in [-0.25, -0.2) is 4.79 Å². The van der Waals surface area contributed by atoms with Crippen LogP contribution >= 0.6 is 0 Å². The smallest absolute Gasteiger partial charge is 0.334 e. The molecule has 32 heavy (non-hydrogen) atoms. The second-order valence-electron chi connectivity index (χ2n) is 9.42. The molecule has 2 heterocycles. The van der Waals surface area contributed by atoms with Crippen molar-refractivity contribution < 1.29 is 18.0 Å². The van der Waals surface area contributed by atoms with E-state index in [4.69, 9.17) is 0 Å². The number of halogens is 3. The van der Waals surface area contributed by atoms with Crippen molar-refractivity contribution in [2.24, 2.45) is 11.3 Å². The van der Waals surface area contributed by atoms with Crippen molar-refractivity contribution in [2.45, 2.75) is 39.0 Å². The number of likely N-dealkylation sites (tertiary alicyclic amines) is 2. The summed E-state index contributed by atoms with van der Waals surface area (Å²) in [7, 11) is 0. The minimum absolute atomic E-state index is 0.0387. The van der Waals surface area contributed by atoms with E-state index >= 15 is 0 Å². The zero-order valence-electron chi connectivity index (χ0n) is 18.4. The van der Waals surface area contributed by atoms with Gasteiger partial charge in [-0.2, -0.15) is 13.2 Å². The summed E-state index contributed by atoms with van der Waals surface area (Å²) in [6.45, 7) is 6.83. The summed E-state index contributed by atoms with van der Waals surface area (Å²) in [6, 6.07) is 15.3. The Morgan fingerprint density at radius 1 is 1.06 bits per heavy atom. The van der Waals surface area contributed by atoms with Gasteiger partial charge in [-0.3, -0.25) is 4.90 Å². The average Bonchev–Trinajstić information content (AvgIpc) is 2.96. The number of carbonyl (C=O) groups excluding carboxylic acids is 1. The third-order valence-electron chi connectivity index (χ3n) is 6.84. The third-order valence-corrected chi connectivity index (χ3v) is 6.84. The number of amides is 2. The SMILES string of the molecule is C[C@]12CN(Cc3ccccc3)C[C@@H]1CCCN(C(=O)NCc1ccc(C(F)(F)F)cc1)C2. The van der Waals surface area contributed by atoms with Crippen LogP contribution in [0.4, 0.5) is 18.0 Å². The molecule has 2 aromatic carbocycles. The molecule has 172 valence electrons. The van der Waals surface area contributed by atoms with Gasteiger partial charge in [0.2, 0.25) is 0 Å². The standard InChI is InChI=1S/C25H30F3N3O/c1-24-17-30(15-20-6-3-2-4-7-20)16-22(24)8-5-13-31(18-24)23(32)29-14-19-9-11-21(12-10-19)25(26,27)28/h2-4,6-7,9-12,22H,5,8,13-18H2,1H3,(H,29,32)/t22-,24+/m0/s1. The number of benzene rings is 2. The number of alkyl halides is 3. The number of carbonyl (C=O) groups is 1. The Morgan fingerprint density at radius 2 is 1.78 bits per heavy atom. The molecule has 0 bridgehead atoms. The zero-order chi connectivity index (χ0) is 22.8. The van der Waals surface area contributed by atoms with E-state index in [9.17, 15) is 18.0 Å². The van der Waals surface area contributed by atoms with Gasteiger partial charge >= 0.3 is 12.2 Å². The molecule has 0 aromatic heterocycles. The first-order valence-corrected chi connectivity index (χ1v) is 11.2. The predicted molar refractivity (Wildman–Crippen MR) is 118 cm³/mol. The van der Waals surface area contributed by atoms with Crippen LogP contribution < -0.4 is 5.32 Å². The molecule has 7 heteroatoms. The average molecular weight is 446 g/mol. The Balaban J connectivity index is 1.34. The van der Waals surface area contributed by atoms with Gasteiger partial charge < -0.3 is 10.2 Å². The summed E-state index contributed by atoms with van der Waals surface area (Å²) in [4.78, 5) is 17.2. The van der Waals surface area contributed by atoms with Crippen LogP contribution in [0.5, 0.6) is 0 Å². The predicted octanol–water partition coefficient (Wildman–Crippen LogP) is 5.15. The Kier molecular flexibility index (Phi) is 6.47. The largest absolute Gasteiger partial charge is 0.416 e. The Hall–Kier alpha value is -2.54. The van der Waals surface area contributed by atoms with E-state index < -0.39 is 11.7 Å². The number of nitrogens with one attached hydrogen (secondary N) is 1. The van der Waals surface area contributed by atoms with Crippen LogP contribution in [0, 0.1) is 11.3 Å². The Bertz CT molecular complexity index is 916. The quantitative estimate of drug-likeness (QED) is 0.707. The number of hydrogen-bond acceptors (Lipinski definition) is 2. The van der Waals surface area contributed by atoms with Gasteiger partial charge in [0.1, 0.15) is 0 Å². The molecule has 2 saturated heterocycles. The van der Waals surface area contributed by atoms with E-state index in [1.807, 2.05) is 11.0 Å².